The molecule has 1 amide bonds. The van der Waals surface area contributed by atoms with Crippen molar-refractivity contribution in [1.82, 2.24) is 4.31 Å². The maximum Gasteiger partial charge on any atom is 0.243 e. The van der Waals surface area contributed by atoms with Crippen LogP contribution in [0.3, 0.4) is 0 Å². The van der Waals surface area contributed by atoms with Crippen molar-refractivity contribution < 1.29 is 22.7 Å². The molecule has 0 saturated heterocycles. The Labute approximate surface area is 165 Å². The number of ether oxygens (including phenoxy) is 2. The summed E-state index contributed by atoms with van der Waals surface area (Å²) in [5, 5.41) is 2.75. The molecule has 1 N–H and O–H groups in total. The molecule has 1 aliphatic rings. The van der Waals surface area contributed by atoms with E-state index >= 15 is 0 Å². The highest BCUT2D eigenvalue weighted by molar-refractivity contribution is 7.89. The number of carbonyl (C=O) groups is 1. The molecule has 0 radical (unpaired) electrons. The van der Waals surface area contributed by atoms with Gasteiger partial charge in [-0.05, 0) is 60.9 Å². The third-order valence-electron chi connectivity index (χ3n) is 5.08. The minimum Gasteiger partial charge on any atom is -0.493 e. The molecule has 150 valence electrons. The highest BCUT2D eigenvalue weighted by Crippen LogP contribution is 2.35. The molecule has 0 aliphatic carbocycles. The first kappa shape index (κ1) is 20.2. The molecule has 1 heterocycles. The van der Waals surface area contributed by atoms with Gasteiger partial charge >= 0.3 is 0 Å². The number of fused-ring (bicyclic) bond motifs is 1. The maximum atomic E-state index is 13.1. The van der Waals surface area contributed by atoms with Crippen LogP contribution in [0.4, 0.5) is 5.69 Å². The van der Waals surface area contributed by atoms with Gasteiger partial charge in [-0.25, -0.2) is 8.42 Å². The van der Waals surface area contributed by atoms with E-state index in [0.29, 0.717) is 22.7 Å². The summed E-state index contributed by atoms with van der Waals surface area (Å²) in [6.45, 7) is 3.83. The van der Waals surface area contributed by atoms with Gasteiger partial charge in [0.1, 0.15) is 0 Å². The average molecular weight is 404 g/mol. The van der Waals surface area contributed by atoms with Gasteiger partial charge in [-0.15, -0.1) is 0 Å². The Balaban J connectivity index is 1.91. The summed E-state index contributed by atoms with van der Waals surface area (Å²) >= 11 is 0. The number of hydrogen-bond donors (Lipinski definition) is 1. The van der Waals surface area contributed by atoms with E-state index in [9.17, 15) is 13.2 Å². The summed E-state index contributed by atoms with van der Waals surface area (Å²) in [6, 6.07) is 8.34. The number of benzene rings is 2. The Morgan fingerprint density at radius 2 is 1.75 bits per heavy atom. The summed E-state index contributed by atoms with van der Waals surface area (Å²) in [5.74, 6) is 0.645. The van der Waals surface area contributed by atoms with Crippen LogP contribution < -0.4 is 14.8 Å². The van der Waals surface area contributed by atoms with E-state index in [1.807, 2.05) is 13.0 Å². The average Bonchev–Trinajstić information content (AvgIpc) is 2.96. The molecule has 0 saturated carbocycles. The summed E-state index contributed by atoms with van der Waals surface area (Å²) < 4.78 is 38.1. The van der Waals surface area contributed by atoms with E-state index < -0.39 is 10.0 Å². The smallest absolute Gasteiger partial charge is 0.243 e. The molecule has 0 aromatic heterocycles. The number of sulfonamides is 1. The number of methoxy groups -OCH3 is 2. The number of rotatable bonds is 6. The molecule has 8 heteroatoms. The SMILES string of the molecule is COc1cc(C)c(CN(C)S(=O)(=O)c2ccc3c(c2)[C@H](C)C(=O)N3)cc1OC. The fraction of sp³-hybridized carbons (Fsp3) is 0.350. The maximum absolute atomic E-state index is 13.1. The second-order valence-electron chi connectivity index (χ2n) is 6.85. The van der Waals surface area contributed by atoms with Crippen molar-refractivity contribution in [3.8, 4) is 11.5 Å². The second-order valence-corrected chi connectivity index (χ2v) is 8.90. The van der Waals surface area contributed by atoms with Crippen LogP contribution in [0.2, 0.25) is 0 Å². The van der Waals surface area contributed by atoms with E-state index in [0.717, 1.165) is 11.1 Å². The van der Waals surface area contributed by atoms with Gasteiger partial charge in [0.05, 0.1) is 25.0 Å². The number of hydrogen-bond acceptors (Lipinski definition) is 5. The third kappa shape index (κ3) is 3.45. The van der Waals surface area contributed by atoms with Gasteiger partial charge in [-0.3, -0.25) is 4.79 Å². The molecular weight excluding hydrogens is 380 g/mol. The number of nitrogens with one attached hydrogen (secondary N) is 1. The molecule has 2 aromatic rings. The molecule has 1 atom stereocenters. The quantitative estimate of drug-likeness (QED) is 0.800. The largest absolute Gasteiger partial charge is 0.493 e. The van der Waals surface area contributed by atoms with Crippen LogP contribution in [-0.2, 0) is 21.4 Å². The van der Waals surface area contributed by atoms with E-state index in [-0.39, 0.29) is 23.3 Å². The summed E-state index contributed by atoms with van der Waals surface area (Å²) in [5.41, 5.74) is 3.07. The van der Waals surface area contributed by atoms with Crippen LogP contribution in [0.5, 0.6) is 11.5 Å². The van der Waals surface area contributed by atoms with Gasteiger partial charge in [0.2, 0.25) is 15.9 Å². The van der Waals surface area contributed by atoms with E-state index in [1.165, 1.54) is 17.4 Å². The first-order valence-corrected chi connectivity index (χ1v) is 10.3. The zero-order valence-electron chi connectivity index (χ0n) is 16.6. The van der Waals surface area contributed by atoms with Crippen molar-refractivity contribution >= 4 is 21.6 Å². The van der Waals surface area contributed by atoms with Crippen LogP contribution in [0.1, 0.15) is 29.5 Å². The van der Waals surface area contributed by atoms with Crippen molar-refractivity contribution in [2.24, 2.45) is 0 Å². The molecule has 7 nitrogen and oxygen atoms in total. The molecular formula is C20H24N2O5S. The highest BCUT2D eigenvalue weighted by Gasteiger charge is 2.30. The van der Waals surface area contributed by atoms with E-state index in [2.05, 4.69) is 5.32 Å². The van der Waals surface area contributed by atoms with E-state index in [4.69, 9.17) is 9.47 Å². The molecule has 1 aliphatic heterocycles. The molecule has 0 unspecified atom stereocenters. The number of aryl methyl sites for hydroxylation is 1. The van der Waals surface area contributed by atoms with Crippen molar-refractivity contribution in [3.63, 3.8) is 0 Å². The Morgan fingerprint density at radius 1 is 1.11 bits per heavy atom. The third-order valence-corrected chi connectivity index (χ3v) is 6.88. The number of amides is 1. The van der Waals surface area contributed by atoms with Crippen molar-refractivity contribution in [2.45, 2.75) is 31.2 Å². The summed E-state index contributed by atoms with van der Waals surface area (Å²) in [7, 11) is 0.901. The Morgan fingerprint density at radius 3 is 2.39 bits per heavy atom. The highest BCUT2D eigenvalue weighted by atomic mass is 32.2. The molecule has 28 heavy (non-hydrogen) atoms. The second kappa shape index (κ2) is 7.44. The molecule has 0 spiro atoms. The zero-order chi connectivity index (χ0) is 20.6. The monoisotopic (exact) mass is 404 g/mol. The van der Waals surface area contributed by atoms with Crippen molar-refractivity contribution in [2.75, 3.05) is 26.6 Å². The lowest BCUT2D eigenvalue weighted by molar-refractivity contribution is -0.116. The van der Waals surface area contributed by atoms with Crippen LogP contribution >= 0.6 is 0 Å². The van der Waals surface area contributed by atoms with Gasteiger partial charge in [-0.1, -0.05) is 0 Å². The van der Waals surface area contributed by atoms with Gasteiger partial charge in [0.25, 0.3) is 0 Å². The lowest BCUT2D eigenvalue weighted by Gasteiger charge is -2.20. The lowest BCUT2D eigenvalue weighted by atomic mass is 10.0. The van der Waals surface area contributed by atoms with Gasteiger partial charge in [0, 0.05) is 19.3 Å². The Hall–Kier alpha value is -2.58. The predicted molar refractivity (Wildman–Crippen MR) is 106 cm³/mol. The van der Waals surface area contributed by atoms with Crippen LogP contribution in [0.25, 0.3) is 0 Å². The Bertz CT molecular complexity index is 1030. The first-order chi connectivity index (χ1) is 13.2. The van der Waals surface area contributed by atoms with Crippen LogP contribution in [0.15, 0.2) is 35.2 Å². The van der Waals surface area contributed by atoms with Gasteiger partial charge in [-0.2, -0.15) is 4.31 Å². The van der Waals surface area contributed by atoms with Crippen molar-refractivity contribution in [1.29, 1.82) is 0 Å². The fourth-order valence-electron chi connectivity index (χ4n) is 3.25. The lowest BCUT2D eigenvalue weighted by Crippen LogP contribution is -2.27. The zero-order valence-corrected chi connectivity index (χ0v) is 17.4. The van der Waals surface area contributed by atoms with Crippen LogP contribution in [0, 0.1) is 6.92 Å². The van der Waals surface area contributed by atoms with Gasteiger partial charge in [0.15, 0.2) is 11.5 Å². The summed E-state index contributed by atoms with van der Waals surface area (Å²) in [4.78, 5) is 12.0. The minimum absolute atomic E-state index is 0.126. The normalized spacial score (nSPS) is 16.1. The van der Waals surface area contributed by atoms with Gasteiger partial charge < -0.3 is 14.8 Å². The fourth-order valence-corrected chi connectivity index (χ4v) is 4.44. The standard InChI is InChI=1S/C20H24N2O5S/c1-12-8-18(26-4)19(27-5)9-14(12)11-22(3)28(24,25)15-6-7-17-16(10-15)13(2)20(23)21-17/h6-10,13H,11H2,1-5H3,(H,21,23)/t13-/m0/s1. The molecule has 2 aromatic carbocycles. The first-order valence-electron chi connectivity index (χ1n) is 8.81. The summed E-state index contributed by atoms with van der Waals surface area (Å²) in [6.07, 6.45) is 0. The molecule has 0 bridgehead atoms. The van der Waals surface area contributed by atoms with Crippen LogP contribution in [-0.4, -0.2) is 39.9 Å². The minimum atomic E-state index is -3.73. The molecule has 0 fully saturated rings. The van der Waals surface area contributed by atoms with Crippen molar-refractivity contribution in [3.05, 3.63) is 47.0 Å². The number of anilines is 1. The predicted octanol–water partition coefficient (Wildman–Crippen LogP) is 2.89. The molecule has 3 rings (SSSR count). The van der Waals surface area contributed by atoms with E-state index in [1.54, 1.807) is 39.3 Å². The topological polar surface area (TPSA) is 84.9 Å². The number of carbonyl (C=O) groups excluding carboxylic acids is 1. The number of nitrogens with zero attached hydrogens (tertiary/aromatic N) is 1. The Kier molecular flexibility index (Phi) is 5.36.